The fourth-order valence-corrected chi connectivity index (χ4v) is 3.19. The van der Waals surface area contributed by atoms with Crippen molar-refractivity contribution in [2.75, 3.05) is 20.3 Å². The minimum Gasteiger partial charge on any atom is -0.383 e. The summed E-state index contributed by atoms with van der Waals surface area (Å²) >= 11 is 7.58. The summed E-state index contributed by atoms with van der Waals surface area (Å²) in [6.07, 6.45) is 0. The molecule has 3 nitrogen and oxygen atoms in total. The normalized spacial score (nSPS) is 12.6. The number of halogens is 2. The number of thiazole rings is 1. The topological polar surface area (TPSA) is 34.1 Å². The van der Waals surface area contributed by atoms with Gasteiger partial charge in [0.05, 0.1) is 18.3 Å². The molecule has 0 saturated carbocycles. The van der Waals surface area contributed by atoms with Crippen LogP contribution in [0.3, 0.4) is 0 Å². The minimum absolute atomic E-state index is 0.292. The first-order chi connectivity index (χ1) is 10.0. The van der Waals surface area contributed by atoms with Crippen LogP contribution in [0.1, 0.15) is 27.2 Å². The summed E-state index contributed by atoms with van der Waals surface area (Å²) in [5.41, 5.74) is 1.48. The molecule has 0 aliphatic rings. The molecule has 0 spiro atoms. The second-order valence-corrected chi connectivity index (χ2v) is 6.41. The van der Waals surface area contributed by atoms with Crippen molar-refractivity contribution in [3.8, 4) is 0 Å². The van der Waals surface area contributed by atoms with Gasteiger partial charge in [0.1, 0.15) is 10.8 Å². The van der Waals surface area contributed by atoms with Crippen LogP contribution in [0, 0.1) is 19.7 Å². The Kier molecular flexibility index (Phi) is 5.70. The number of benzene rings is 1. The van der Waals surface area contributed by atoms with Crippen molar-refractivity contribution >= 4 is 22.9 Å². The lowest BCUT2D eigenvalue weighted by Gasteiger charge is -2.18. The van der Waals surface area contributed by atoms with Gasteiger partial charge in [-0.15, -0.1) is 11.3 Å². The van der Waals surface area contributed by atoms with E-state index in [4.69, 9.17) is 16.3 Å². The van der Waals surface area contributed by atoms with E-state index in [1.807, 2.05) is 13.8 Å². The molecule has 0 bridgehead atoms. The highest BCUT2D eigenvalue weighted by Crippen LogP contribution is 2.30. The van der Waals surface area contributed by atoms with Crippen molar-refractivity contribution in [1.29, 1.82) is 0 Å². The van der Waals surface area contributed by atoms with Gasteiger partial charge in [-0.2, -0.15) is 0 Å². The first-order valence-electron chi connectivity index (χ1n) is 6.64. The summed E-state index contributed by atoms with van der Waals surface area (Å²) in [6.45, 7) is 5.11. The zero-order chi connectivity index (χ0) is 15.4. The Morgan fingerprint density at radius 2 is 2.19 bits per heavy atom. The average Bonchev–Trinajstić information content (AvgIpc) is 2.78. The van der Waals surface area contributed by atoms with Crippen LogP contribution in [0.2, 0.25) is 5.02 Å². The van der Waals surface area contributed by atoms with E-state index in [0.29, 0.717) is 23.7 Å². The predicted octanol–water partition coefficient (Wildman–Crippen LogP) is 3.88. The highest BCUT2D eigenvalue weighted by atomic mass is 35.5. The fraction of sp³-hybridized carbons (Fsp3) is 0.400. The van der Waals surface area contributed by atoms with Crippen LogP contribution in [0.15, 0.2) is 18.2 Å². The third-order valence-corrected chi connectivity index (χ3v) is 4.59. The molecule has 0 amide bonds. The molecule has 0 radical (unpaired) electrons. The van der Waals surface area contributed by atoms with Crippen LogP contribution in [-0.4, -0.2) is 25.2 Å². The molecule has 6 heteroatoms. The Morgan fingerprint density at radius 3 is 2.81 bits per heavy atom. The van der Waals surface area contributed by atoms with E-state index in [9.17, 15) is 4.39 Å². The Hall–Kier alpha value is -1.01. The maximum absolute atomic E-state index is 14.2. The largest absolute Gasteiger partial charge is 0.383 e. The van der Waals surface area contributed by atoms with Gasteiger partial charge in [0, 0.05) is 29.1 Å². The van der Waals surface area contributed by atoms with E-state index in [-0.39, 0.29) is 11.9 Å². The third kappa shape index (κ3) is 4.01. The maximum atomic E-state index is 14.2. The smallest absolute Gasteiger partial charge is 0.128 e. The standard InChI is InChI=1S/C15H18ClFN2OS/c1-9-10(2)21-15(19-9)14(18-6-7-20-3)12-8-11(16)4-5-13(12)17/h4-5,8,14,18H,6-7H2,1-3H3. The molecule has 1 atom stereocenters. The molecule has 0 saturated heterocycles. The zero-order valence-corrected chi connectivity index (χ0v) is 13.8. The molecular formula is C15H18ClFN2OS. The summed E-state index contributed by atoms with van der Waals surface area (Å²) in [7, 11) is 1.63. The Morgan fingerprint density at radius 1 is 1.43 bits per heavy atom. The van der Waals surface area contributed by atoms with E-state index >= 15 is 0 Å². The molecular weight excluding hydrogens is 311 g/mol. The van der Waals surface area contributed by atoms with E-state index in [1.165, 1.54) is 6.07 Å². The molecule has 21 heavy (non-hydrogen) atoms. The molecule has 0 fully saturated rings. The number of nitrogens with one attached hydrogen (secondary N) is 1. The molecule has 2 rings (SSSR count). The zero-order valence-electron chi connectivity index (χ0n) is 12.2. The Labute approximate surface area is 133 Å². The fourth-order valence-electron chi connectivity index (χ4n) is 1.99. The number of methoxy groups -OCH3 is 1. The highest BCUT2D eigenvalue weighted by molar-refractivity contribution is 7.11. The van der Waals surface area contributed by atoms with Gasteiger partial charge in [0.25, 0.3) is 0 Å². The van der Waals surface area contributed by atoms with Crippen molar-refractivity contribution < 1.29 is 9.13 Å². The van der Waals surface area contributed by atoms with Gasteiger partial charge < -0.3 is 10.1 Å². The molecule has 2 aromatic rings. The number of hydrogen-bond acceptors (Lipinski definition) is 4. The van der Waals surface area contributed by atoms with Crippen molar-refractivity contribution in [2.45, 2.75) is 19.9 Å². The van der Waals surface area contributed by atoms with Crippen LogP contribution in [-0.2, 0) is 4.74 Å². The molecule has 1 aromatic heterocycles. The molecule has 1 N–H and O–H groups in total. The van der Waals surface area contributed by atoms with Crippen LogP contribution < -0.4 is 5.32 Å². The Balaban J connectivity index is 2.37. The van der Waals surface area contributed by atoms with E-state index in [2.05, 4.69) is 10.3 Å². The van der Waals surface area contributed by atoms with Gasteiger partial charge in [-0.3, -0.25) is 0 Å². The number of rotatable bonds is 6. The van der Waals surface area contributed by atoms with E-state index < -0.39 is 0 Å². The number of nitrogens with zero attached hydrogens (tertiary/aromatic N) is 1. The molecule has 1 heterocycles. The molecule has 0 aliphatic carbocycles. The van der Waals surface area contributed by atoms with E-state index in [0.717, 1.165) is 15.6 Å². The number of ether oxygens (including phenoxy) is 1. The minimum atomic E-state index is -0.323. The SMILES string of the molecule is COCCNC(c1nc(C)c(C)s1)c1cc(Cl)ccc1F. The first kappa shape index (κ1) is 16.4. The summed E-state index contributed by atoms with van der Waals surface area (Å²) in [5.74, 6) is -0.292. The predicted molar refractivity (Wildman–Crippen MR) is 84.7 cm³/mol. The monoisotopic (exact) mass is 328 g/mol. The second-order valence-electron chi connectivity index (χ2n) is 4.74. The van der Waals surface area contributed by atoms with Crippen LogP contribution in [0.5, 0.6) is 0 Å². The Bertz CT molecular complexity index is 598. The van der Waals surface area contributed by atoms with Crippen molar-refractivity contribution in [1.82, 2.24) is 10.3 Å². The number of aryl methyl sites for hydroxylation is 2. The summed E-state index contributed by atoms with van der Waals surface area (Å²) in [4.78, 5) is 5.67. The molecule has 1 unspecified atom stereocenters. The summed E-state index contributed by atoms with van der Waals surface area (Å²) in [6, 6.07) is 4.25. The van der Waals surface area contributed by atoms with Crippen LogP contribution in [0.4, 0.5) is 4.39 Å². The molecule has 0 aliphatic heterocycles. The van der Waals surface area contributed by atoms with Gasteiger partial charge in [-0.1, -0.05) is 11.6 Å². The first-order valence-corrected chi connectivity index (χ1v) is 7.83. The third-order valence-electron chi connectivity index (χ3n) is 3.22. The average molecular weight is 329 g/mol. The lowest BCUT2D eigenvalue weighted by Crippen LogP contribution is -2.26. The number of hydrogen-bond donors (Lipinski definition) is 1. The van der Waals surface area contributed by atoms with Crippen molar-refractivity contribution in [2.24, 2.45) is 0 Å². The van der Waals surface area contributed by atoms with Crippen LogP contribution in [0.25, 0.3) is 0 Å². The van der Waals surface area contributed by atoms with Gasteiger partial charge in [0.2, 0.25) is 0 Å². The van der Waals surface area contributed by atoms with Crippen LogP contribution >= 0.6 is 22.9 Å². The molecule has 114 valence electrons. The van der Waals surface area contributed by atoms with Gasteiger partial charge in [-0.25, -0.2) is 9.37 Å². The van der Waals surface area contributed by atoms with Crippen molar-refractivity contribution in [3.63, 3.8) is 0 Å². The maximum Gasteiger partial charge on any atom is 0.128 e. The number of aromatic nitrogens is 1. The molecule has 1 aromatic carbocycles. The summed E-state index contributed by atoms with van der Waals surface area (Å²) in [5, 5.41) is 4.63. The van der Waals surface area contributed by atoms with Gasteiger partial charge in [-0.05, 0) is 32.0 Å². The highest BCUT2D eigenvalue weighted by Gasteiger charge is 2.21. The van der Waals surface area contributed by atoms with Gasteiger partial charge in [0.15, 0.2) is 0 Å². The van der Waals surface area contributed by atoms with Crippen molar-refractivity contribution in [3.05, 3.63) is 50.2 Å². The quantitative estimate of drug-likeness (QED) is 0.817. The lowest BCUT2D eigenvalue weighted by atomic mass is 10.1. The lowest BCUT2D eigenvalue weighted by molar-refractivity contribution is 0.197. The van der Waals surface area contributed by atoms with E-state index in [1.54, 1.807) is 30.6 Å². The van der Waals surface area contributed by atoms with Gasteiger partial charge >= 0.3 is 0 Å². The second kappa shape index (κ2) is 7.31. The summed E-state index contributed by atoms with van der Waals surface area (Å²) < 4.78 is 19.2.